The molecule has 1 atom stereocenters. The fraction of sp³-hybridized carbons (Fsp3) is 1.00. The van der Waals surface area contributed by atoms with E-state index in [0.29, 0.717) is 0 Å². The molecule has 0 aromatic carbocycles. The molecule has 1 unspecified atom stereocenters. The molecule has 0 heterocycles. The van der Waals surface area contributed by atoms with Crippen LogP contribution in [0, 0.1) is 0 Å². The molecule has 0 amide bonds. The first-order valence-electron chi connectivity index (χ1n) is 5.50. The van der Waals surface area contributed by atoms with Crippen molar-refractivity contribution in [2.45, 2.75) is 47.5 Å². The highest BCUT2D eigenvalue weighted by atomic mass is 32.2. The minimum Gasteiger partial charge on any atom is -0.283 e. The first kappa shape index (κ1) is 25.9. The van der Waals surface area contributed by atoms with Crippen LogP contribution in [0.4, 0.5) is 65.9 Å². The van der Waals surface area contributed by atoms with Crippen LogP contribution in [0.25, 0.3) is 0 Å². The Morgan fingerprint density at radius 1 is 0.556 bits per heavy atom. The Morgan fingerprint density at radius 3 is 1.04 bits per heavy atom. The van der Waals surface area contributed by atoms with Crippen LogP contribution < -0.4 is 0 Å². The topological polar surface area (TPSA) is 54.4 Å². The second-order valence-corrected chi connectivity index (χ2v) is 6.12. The summed E-state index contributed by atoms with van der Waals surface area (Å²) in [4.78, 5) is 0. The average Bonchev–Trinajstić information content (AvgIpc) is 2.43. The second-order valence-electron chi connectivity index (χ2n) is 4.68. The maximum atomic E-state index is 13.0. The number of hydrogen-bond donors (Lipinski definition) is 1. The smallest absolute Gasteiger partial charge is 0.283 e. The van der Waals surface area contributed by atoms with E-state index in [9.17, 15) is 74.3 Å². The van der Waals surface area contributed by atoms with Crippen molar-refractivity contribution in [3.8, 4) is 0 Å². The largest absolute Gasteiger partial charge is 0.384 e. The lowest BCUT2D eigenvalue weighted by Crippen LogP contribution is -2.72. The van der Waals surface area contributed by atoms with Gasteiger partial charge in [-0.15, -0.1) is 0 Å². The van der Waals surface area contributed by atoms with Crippen molar-refractivity contribution in [3.05, 3.63) is 0 Å². The second kappa shape index (κ2) is 6.45. The Kier molecular flexibility index (Phi) is 6.17. The minimum absolute atomic E-state index is 5.83. The molecule has 0 saturated carbocycles. The van der Waals surface area contributed by atoms with Gasteiger partial charge in [-0.05, 0) is 0 Å². The van der Waals surface area contributed by atoms with Gasteiger partial charge in [-0.1, -0.05) is 0 Å². The van der Waals surface area contributed by atoms with Gasteiger partial charge < -0.3 is 0 Å². The number of hydrogen-bond acceptors (Lipinski definition) is 2. The van der Waals surface area contributed by atoms with E-state index in [-0.39, 0.29) is 0 Å². The van der Waals surface area contributed by atoms with E-state index < -0.39 is 57.6 Å². The molecule has 0 aromatic rings. The molecule has 0 saturated heterocycles. The summed E-state index contributed by atoms with van der Waals surface area (Å²) in [7, 11) is -7.06. The Morgan fingerprint density at radius 2 is 0.815 bits per heavy atom. The number of halogens is 15. The van der Waals surface area contributed by atoms with Gasteiger partial charge in [-0.3, -0.25) is 4.55 Å². The molecular formula is C8H3F15O3S. The van der Waals surface area contributed by atoms with E-state index in [4.69, 9.17) is 4.55 Å². The molecule has 0 aliphatic carbocycles. The molecule has 3 nitrogen and oxygen atoms in total. The van der Waals surface area contributed by atoms with Crippen molar-refractivity contribution in [1.82, 2.24) is 0 Å². The van der Waals surface area contributed by atoms with Gasteiger partial charge in [0.25, 0.3) is 5.50 Å². The van der Waals surface area contributed by atoms with Crippen LogP contribution in [0.15, 0.2) is 0 Å². The Hall–Kier alpha value is -1.14. The van der Waals surface area contributed by atoms with E-state index in [1.165, 1.54) is 0 Å². The third-order valence-corrected chi connectivity index (χ3v) is 3.66. The van der Waals surface area contributed by atoms with Crippen LogP contribution in [0.3, 0.4) is 0 Å². The summed E-state index contributed by atoms with van der Waals surface area (Å²) in [6.07, 6.45) is -5.89. The molecule has 0 aliphatic heterocycles. The number of alkyl halides is 15. The lowest BCUT2D eigenvalue weighted by Gasteiger charge is -2.41. The standard InChI is InChI=1S/C8H3F15O3S/c9-1(10)3(12,13)5(16,17)7(20,21)8(22,23)6(18,19)4(14,15)2(11)27(24,25)26/h1-2H,(H,24,25,26). The van der Waals surface area contributed by atoms with E-state index >= 15 is 0 Å². The van der Waals surface area contributed by atoms with Crippen molar-refractivity contribution in [1.29, 1.82) is 0 Å². The molecule has 0 radical (unpaired) electrons. The fourth-order valence-corrected chi connectivity index (χ4v) is 1.80. The highest BCUT2D eigenvalue weighted by molar-refractivity contribution is 7.86. The van der Waals surface area contributed by atoms with Crippen LogP contribution in [0.1, 0.15) is 0 Å². The van der Waals surface area contributed by atoms with Gasteiger partial charge in [0.15, 0.2) is 0 Å². The SMILES string of the molecule is O=S(=O)(O)C(F)C(F)(F)C(F)(F)C(F)(F)C(F)(F)C(F)(F)C(F)(F)C(F)F. The normalized spacial score (nSPS) is 17.4. The quantitative estimate of drug-likeness (QED) is 0.432. The summed E-state index contributed by atoms with van der Waals surface area (Å²) < 4.78 is 218. The van der Waals surface area contributed by atoms with E-state index in [1.807, 2.05) is 0 Å². The third kappa shape index (κ3) is 3.39. The van der Waals surface area contributed by atoms with Gasteiger partial charge in [-0.25, -0.2) is 13.2 Å². The van der Waals surface area contributed by atoms with Crippen LogP contribution in [-0.4, -0.2) is 60.4 Å². The molecule has 1 N–H and O–H groups in total. The summed E-state index contributed by atoms with van der Waals surface area (Å²) in [5.74, 6) is -48.3. The zero-order valence-electron chi connectivity index (χ0n) is 11.5. The Bertz CT molecular complexity index is 654. The van der Waals surface area contributed by atoms with Crippen LogP contribution in [0.2, 0.25) is 0 Å². The molecule has 0 spiro atoms. The summed E-state index contributed by atoms with van der Waals surface area (Å²) in [6.45, 7) is 0. The predicted molar refractivity (Wildman–Crippen MR) is 52.1 cm³/mol. The van der Waals surface area contributed by atoms with Crippen LogP contribution >= 0.6 is 0 Å². The average molecular weight is 464 g/mol. The summed E-state index contributed by atoms with van der Waals surface area (Å²) in [5.41, 5.74) is -5.83. The molecule has 0 aliphatic rings. The van der Waals surface area contributed by atoms with Crippen molar-refractivity contribution in [2.24, 2.45) is 0 Å². The molecule has 164 valence electrons. The van der Waals surface area contributed by atoms with Crippen molar-refractivity contribution in [2.75, 3.05) is 0 Å². The van der Waals surface area contributed by atoms with Gasteiger partial charge in [-0.2, -0.15) is 61.1 Å². The molecule has 0 bridgehead atoms. The Balaban J connectivity index is 6.61. The molecular weight excluding hydrogens is 461 g/mol. The maximum Gasteiger partial charge on any atom is 0.384 e. The monoisotopic (exact) mass is 464 g/mol. The van der Waals surface area contributed by atoms with Crippen LogP contribution in [0.5, 0.6) is 0 Å². The van der Waals surface area contributed by atoms with E-state index in [0.717, 1.165) is 0 Å². The molecule has 0 fully saturated rings. The Labute approximate surface area is 137 Å². The fourth-order valence-electron chi connectivity index (χ4n) is 1.28. The third-order valence-electron chi connectivity index (χ3n) is 2.84. The van der Waals surface area contributed by atoms with Gasteiger partial charge in [0.1, 0.15) is 0 Å². The van der Waals surface area contributed by atoms with E-state index in [2.05, 4.69) is 0 Å². The van der Waals surface area contributed by atoms with Crippen molar-refractivity contribution in [3.63, 3.8) is 0 Å². The van der Waals surface area contributed by atoms with Gasteiger partial charge >= 0.3 is 52.1 Å². The predicted octanol–water partition coefficient (Wildman–Crippen LogP) is 4.25. The summed E-state index contributed by atoms with van der Waals surface area (Å²) in [5, 5.41) is 0. The molecule has 0 rings (SSSR count). The highest BCUT2D eigenvalue weighted by Gasteiger charge is 2.92. The minimum atomic E-state index is -8.44. The van der Waals surface area contributed by atoms with E-state index in [1.54, 1.807) is 0 Å². The maximum absolute atomic E-state index is 13.0. The van der Waals surface area contributed by atoms with Gasteiger partial charge in [0, 0.05) is 0 Å². The molecule has 27 heavy (non-hydrogen) atoms. The van der Waals surface area contributed by atoms with Crippen molar-refractivity contribution < 1.29 is 78.8 Å². The molecule has 19 heteroatoms. The van der Waals surface area contributed by atoms with Gasteiger partial charge in [0.2, 0.25) is 0 Å². The number of rotatable bonds is 8. The van der Waals surface area contributed by atoms with Crippen molar-refractivity contribution >= 4 is 10.1 Å². The van der Waals surface area contributed by atoms with Crippen LogP contribution in [-0.2, 0) is 10.1 Å². The summed E-state index contributed by atoms with van der Waals surface area (Å²) >= 11 is 0. The van der Waals surface area contributed by atoms with Gasteiger partial charge in [0.05, 0.1) is 0 Å². The zero-order chi connectivity index (χ0) is 22.7. The lowest BCUT2D eigenvalue weighted by atomic mass is 9.91. The zero-order valence-corrected chi connectivity index (χ0v) is 12.3. The summed E-state index contributed by atoms with van der Waals surface area (Å²) in [6, 6.07) is 0. The highest BCUT2D eigenvalue weighted by Crippen LogP contribution is 2.61. The first-order valence-corrected chi connectivity index (χ1v) is 7.00. The first-order chi connectivity index (χ1) is 11.3. The molecule has 0 aromatic heterocycles. The lowest BCUT2D eigenvalue weighted by molar-refractivity contribution is -0.434.